The summed E-state index contributed by atoms with van der Waals surface area (Å²) in [6.45, 7) is -1.17. The van der Waals surface area contributed by atoms with Crippen molar-refractivity contribution in [1.29, 1.82) is 0 Å². The second-order valence-corrected chi connectivity index (χ2v) is 4.99. The minimum Gasteiger partial charge on any atom is -0.164 e. The highest BCUT2D eigenvalue weighted by atomic mass is 32.1. The smallest absolute Gasteiger partial charge is 0.164 e. The Morgan fingerprint density at radius 1 is 0.889 bits per heavy atom. The van der Waals surface area contributed by atoms with Gasteiger partial charge in [-0.05, 0) is 28.4 Å². The largest absolute Gasteiger partial charge is 0.549 e. The number of fused-ring (bicyclic) bond motifs is 3. The fraction of sp³-hybridized carbons (Fsp3) is 0. The highest BCUT2D eigenvalue weighted by molar-refractivity contribution is 7.26. The second-order valence-electron chi connectivity index (χ2n) is 3.90. The Hall–Kier alpha value is -2.08. The van der Waals surface area contributed by atoms with E-state index in [9.17, 15) is 9.81 Å². The van der Waals surface area contributed by atoms with Gasteiger partial charge < -0.3 is 0 Å². The topological polar surface area (TPSA) is 58.9 Å². The summed E-state index contributed by atoms with van der Waals surface area (Å²) in [4.78, 5) is 21.4. The first-order valence-corrected chi connectivity index (χ1v) is 6.22. The SMILES string of the molecule is O=NB(N=O)c1cccc2sc3ccccc3c12. The summed E-state index contributed by atoms with van der Waals surface area (Å²) in [5.74, 6) is 0. The molecule has 0 unspecified atom stereocenters. The van der Waals surface area contributed by atoms with Crippen LogP contribution in [0.25, 0.3) is 20.2 Å². The van der Waals surface area contributed by atoms with E-state index in [0.29, 0.717) is 5.46 Å². The second kappa shape index (κ2) is 4.31. The predicted octanol–water partition coefficient (Wildman–Crippen LogP) is 3.28. The van der Waals surface area contributed by atoms with Gasteiger partial charge in [-0.3, -0.25) is 0 Å². The molecule has 0 aliphatic carbocycles. The molecule has 0 bridgehead atoms. The van der Waals surface area contributed by atoms with Gasteiger partial charge >= 0.3 is 6.98 Å². The van der Waals surface area contributed by atoms with Crippen LogP contribution in [-0.2, 0) is 0 Å². The molecule has 0 N–H and O–H groups in total. The summed E-state index contributed by atoms with van der Waals surface area (Å²) in [6.07, 6.45) is 0. The molecule has 0 atom stereocenters. The Morgan fingerprint density at radius 2 is 1.61 bits per heavy atom. The summed E-state index contributed by atoms with van der Waals surface area (Å²) in [5, 5.41) is 7.52. The van der Waals surface area contributed by atoms with E-state index >= 15 is 0 Å². The lowest BCUT2D eigenvalue weighted by Crippen LogP contribution is -2.25. The molecule has 1 heterocycles. The van der Waals surface area contributed by atoms with Gasteiger partial charge in [0.1, 0.15) is 0 Å². The zero-order chi connectivity index (χ0) is 12.5. The fourth-order valence-corrected chi connectivity index (χ4v) is 3.29. The maximum atomic E-state index is 10.7. The van der Waals surface area contributed by atoms with Crippen molar-refractivity contribution in [2.45, 2.75) is 0 Å². The van der Waals surface area contributed by atoms with Crippen LogP contribution in [0.2, 0.25) is 0 Å². The van der Waals surface area contributed by atoms with Crippen LogP contribution in [0.15, 0.2) is 52.6 Å². The lowest BCUT2D eigenvalue weighted by atomic mass is 9.69. The molecule has 2 aromatic carbocycles. The van der Waals surface area contributed by atoms with Crippen LogP contribution in [0.1, 0.15) is 0 Å². The maximum absolute atomic E-state index is 10.7. The molecule has 4 nitrogen and oxygen atoms in total. The van der Waals surface area contributed by atoms with Crippen molar-refractivity contribution in [2.24, 2.45) is 10.2 Å². The van der Waals surface area contributed by atoms with Gasteiger partial charge in [0, 0.05) is 9.40 Å². The monoisotopic (exact) mass is 254 g/mol. The van der Waals surface area contributed by atoms with Crippen LogP contribution < -0.4 is 5.46 Å². The van der Waals surface area contributed by atoms with Crippen molar-refractivity contribution < 1.29 is 0 Å². The molecule has 0 amide bonds. The van der Waals surface area contributed by atoms with Gasteiger partial charge in [0.15, 0.2) is 0 Å². The summed E-state index contributed by atoms with van der Waals surface area (Å²) in [6, 6.07) is 13.4. The number of hydrogen-bond donors (Lipinski definition) is 0. The van der Waals surface area contributed by atoms with Crippen molar-refractivity contribution in [3.05, 3.63) is 52.3 Å². The number of hydrogen-bond acceptors (Lipinski definition) is 5. The quantitative estimate of drug-likeness (QED) is 0.531. The molecule has 0 aliphatic rings. The van der Waals surface area contributed by atoms with E-state index in [2.05, 4.69) is 10.2 Å². The number of nitrogens with zero attached hydrogens (tertiary/aromatic N) is 2. The van der Waals surface area contributed by atoms with E-state index in [1.807, 2.05) is 36.4 Å². The molecule has 3 rings (SSSR count). The highest BCUT2D eigenvalue weighted by Crippen LogP contribution is 2.32. The summed E-state index contributed by atoms with van der Waals surface area (Å²) >= 11 is 1.63. The molecule has 6 heteroatoms. The zero-order valence-electron chi connectivity index (χ0n) is 9.24. The molecular weight excluding hydrogens is 247 g/mol. The first kappa shape index (κ1) is 11.0. The van der Waals surface area contributed by atoms with Crippen LogP contribution in [0.5, 0.6) is 0 Å². The van der Waals surface area contributed by atoms with Crippen molar-refractivity contribution in [3.8, 4) is 0 Å². The Labute approximate surface area is 107 Å². The van der Waals surface area contributed by atoms with E-state index in [-0.39, 0.29) is 0 Å². The predicted molar refractivity (Wildman–Crippen MR) is 76.3 cm³/mol. The van der Waals surface area contributed by atoms with E-state index < -0.39 is 6.98 Å². The molecule has 1 aromatic heterocycles. The van der Waals surface area contributed by atoms with Gasteiger partial charge in [-0.15, -0.1) is 11.3 Å². The third kappa shape index (κ3) is 1.54. The number of nitroso groups, excluding NO2 is 2. The van der Waals surface area contributed by atoms with Crippen LogP contribution in [0.3, 0.4) is 0 Å². The molecule has 18 heavy (non-hydrogen) atoms. The van der Waals surface area contributed by atoms with E-state index in [1.54, 1.807) is 17.4 Å². The average Bonchev–Trinajstić information content (AvgIpc) is 2.79. The molecule has 0 spiro atoms. The van der Waals surface area contributed by atoms with Crippen LogP contribution in [0.4, 0.5) is 0 Å². The Morgan fingerprint density at radius 3 is 2.39 bits per heavy atom. The molecule has 0 saturated carbocycles. The van der Waals surface area contributed by atoms with Crippen LogP contribution >= 0.6 is 11.3 Å². The van der Waals surface area contributed by atoms with Crippen molar-refractivity contribution in [2.75, 3.05) is 0 Å². The molecule has 0 fully saturated rings. The zero-order valence-corrected chi connectivity index (χ0v) is 10.1. The minimum absolute atomic E-state index is 0.579. The molecule has 0 radical (unpaired) electrons. The number of thiophene rings is 1. The summed E-state index contributed by atoms with van der Waals surface area (Å²) in [7, 11) is 0. The molecule has 3 aromatic rings. The van der Waals surface area contributed by atoms with Gasteiger partial charge in [0.2, 0.25) is 0 Å². The van der Waals surface area contributed by atoms with Gasteiger partial charge in [0.25, 0.3) is 0 Å². The van der Waals surface area contributed by atoms with Gasteiger partial charge in [0.05, 0.1) is 0 Å². The number of benzene rings is 2. The first-order valence-electron chi connectivity index (χ1n) is 5.40. The Bertz CT molecular complexity index is 748. The van der Waals surface area contributed by atoms with Gasteiger partial charge in [-0.2, -0.15) is 9.81 Å². The maximum Gasteiger partial charge on any atom is 0.549 e. The third-order valence-electron chi connectivity index (χ3n) is 2.91. The molecule has 86 valence electrons. The lowest BCUT2D eigenvalue weighted by Gasteiger charge is -2.00. The highest BCUT2D eigenvalue weighted by Gasteiger charge is 2.25. The van der Waals surface area contributed by atoms with Crippen molar-refractivity contribution >= 4 is 44.0 Å². The van der Waals surface area contributed by atoms with E-state index in [0.717, 1.165) is 20.2 Å². The normalized spacial score (nSPS) is 10.7. The first-order chi connectivity index (χ1) is 8.85. The van der Waals surface area contributed by atoms with Gasteiger partial charge in [-0.25, -0.2) is 0 Å². The van der Waals surface area contributed by atoms with Crippen LogP contribution in [-0.4, -0.2) is 6.98 Å². The lowest BCUT2D eigenvalue weighted by molar-refractivity contribution is 1.58. The average molecular weight is 254 g/mol. The molecule has 0 aliphatic heterocycles. The van der Waals surface area contributed by atoms with Crippen molar-refractivity contribution in [1.82, 2.24) is 0 Å². The molecule has 0 saturated heterocycles. The standard InChI is InChI=1S/C12H7BN2O2S/c16-14-13(15-17)9-5-3-7-11-12(9)8-4-1-2-6-10(8)18-11/h1-7H. The third-order valence-corrected chi connectivity index (χ3v) is 4.05. The van der Waals surface area contributed by atoms with Gasteiger partial charge in [-0.1, -0.05) is 40.5 Å². The summed E-state index contributed by atoms with van der Waals surface area (Å²) in [5.41, 5.74) is 0.579. The fourth-order valence-electron chi connectivity index (χ4n) is 2.15. The van der Waals surface area contributed by atoms with E-state index in [4.69, 9.17) is 0 Å². The Kier molecular flexibility index (Phi) is 2.64. The van der Waals surface area contributed by atoms with E-state index in [1.165, 1.54) is 0 Å². The summed E-state index contributed by atoms with van der Waals surface area (Å²) < 4.78 is 2.15. The molecular formula is C12H7BN2O2S. The Balaban J connectivity index is 2.45. The minimum atomic E-state index is -1.17. The van der Waals surface area contributed by atoms with Crippen LogP contribution in [0, 0.1) is 9.81 Å². The number of rotatable bonds is 3. The van der Waals surface area contributed by atoms with Crippen molar-refractivity contribution in [3.63, 3.8) is 0 Å².